The van der Waals surface area contributed by atoms with Crippen LogP contribution in [0.3, 0.4) is 0 Å². The van der Waals surface area contributed by atoms with Crippen molar-refractivity contribution in [1.82, 2.24) is 5.32 Å². The average molecular weight is 563 g/mol. The van der Waals surface area contributed by atoms with Gasteiger partial charge in [-0.15, -0.1) is 0 Å². The van der Waals surface area contributed by atoms with Crippen molar-refractivity contribution in [3.8, 4) is 0 Å². The summed E-state index contributed by atoms with van der Waals surface area (Å²) >= 11 is 0. The highest BCUT2D eigenvalue weighted by Crippen LogP contribution is 2.46. The van der Waals surface area contributed by atoms with Crippen LogP contribution in [0.2, 0.25) is 0 Å². The molecule has 2 atom stereocenters. The lowest BCUT2D eigenvalue weighted by Gasteiger charge is -2.17. The second-order valence-electron chi connectivity index (χ2n) is 11.5. The van der Waals surface area contributed by atoms with E-state index < -0.39 is 0 Å². The molecule has 2 unspecified atom stereocenters. The Morgan fingerprint density at radius 3 is 2.40 bits per heavy atom. The monoisotopic (exact) mass is 562 g/mol. The van der Waals surface area contributed by atoms with E-state index in [1.807, 2.05) is 26.8 Å². The lowest BCUT2D eigenvalue weighted by Crippen LogP contribution is -2.15. The van der Waals surface area contributed by atoms with Crippen LogP contribution in [0.15, 0.2) is 119 Å². The standard InChI is InChI=1S/C34H36N4O2.C2H6/c1-8-21-17(4)25-13-27-19(6)23(11-10-16(3)39)33(37-27)24-12-31(40)32-20(7)28(38-34(24)32)15-30-22(9-2)18(5)26(36-30)14-29(21)35-25;1-2/h8,13-15,19,23,37,40H,1,9-12H2,2-7H3;1-2H3. The Bertz CT molecular complexity index is 1660. The van der Waals surface area contributed by atoms with Gasteiger partial charge in [-0.25, -0.2) is 15.0 Å². The first-order valence-corrected chi connectivity index (χ1v) is 15.2. The lowest BCUT2D eigenvalue weighted by molar-refractivity contribution is -0.117. The third-order valence-electron chi connectivity index (χ3n) is 9.11. The summed E-state index contributed by atoms with van der Waals surface area (Å²) in [5, 5.41) is 14.9. The van der Waals surface area contributed by atoms with Crippen molar-refractivity contribution in [1.29, 1.82) is 0 Å². The Morgan fingerprint density at radius 1 is 1.05 bits per heavy atom. The number of fused-ring (bicyclic) bond motifs is 5. The van der Waals surface area contributed by atoms with Crippen LogP contribution in [0.4, 0.5) is 0 Å². The van der Waals surface area contributed by atoms with Crippen molar-refractivity contribution in [2.24, 2.45) is 26.8 Å². The van der Waals surface area contributed by atoms with Crippen LogP contribution in [0.1, 0.15) is 81.1 Å². The first-order valence-electron chi connectivity index (χ1n) is 15.2. The van der Waals surface area contributed by atoms with Crippen molar-refractivity contribution < 1.29 is 9.90 Å². The van der Waals surface area contributed by atoms with Gasteiger partial charge in [-0.3, -0.25) is 0 Å². The molecular formula is C36H42N4O2. The molecule has 218 valence electrons. The lowest BCUT2D eigenvalue weighted by atomic mass is 9.85. The van der Waals surface area contributed by atoms with E-state index in [0.29, 0.717) is 18.6 Å². The van der Waals surface area contributed by atoms with Crippen LogP contribution in [0, 0.1) is 11.8 Å². The van der Waals surface area contributed by atoms with Crippen LogP contribution < -0.4 is 5.32 Å². The van der Waals surface area contributed by atoms with Gasteiger partial charge in [0.2, 0.25) is 0 Å². The molecule has 0 spiro atoms. The highest BCUT2D eigenvalue weighted by molar-refractivity contribution is 6.21. The summed E-state index contributed by atoms with van der Waals surface area (Å²) in [5.41, 5.74) is 14.6. The molecule has 6 rings (SSSR count). The van der Waals surface area contributed by atoms with E-state index in [9.17, 15) is 9.90 Å². The molecular weight excluding hydrogens is 520 g/mol. The van der Waals surface area contributed by atoms with Gasteiger partial charge >= 0.3 is 0 Å². The number of nitrogens with one attached hydrogen (secondary N) is 1. The number of hydrogen-bond acceptors (Lipinski definition) is 6. The Morgan fingerprint density at radius 2 is 1.74 bits per heavy atom. The quantitative estimate of drug-likeness (QED) is 0.354. The number of hydrogen-bond donors (Lipinski definition) is 2. The third kappa shape index (κ3) is 4.67. The second kappa shape index (κ2) is 11.3. The normalized spacial score (nSPS) is 24.3. The molecule has 8 bridgehead atoms. The van der Waals surface area contributed by atoms with Crippen LogP contribution >= 0.6 is 0 Å². The summed E-state index contributed by atoms with van der Waals surface area (Å²) in [5.74, 6) is 0.790. The number of rotatable bonds is 5. The summed E-state index contributed by atoms with van der Waals surface area (Å²) in [7, 11) is 0. The second-order valence-corrected chi connectivity index (χ2v) is 11.5. The number of Topliss-reactive ketones (excluding diaryl/α,β-unsaturated/α-hetero) is 1. The van der Waals surface area contributed by atoms with E-state index in [2.05, 4.69) is 57.8 Å². The number of aliphatic hydroxyl groups excluding tert-OH is 1. The minimum absolute atomic E-state index is 0.109. The zero-order valence-corrected chi connectivity index (χ0v) is 26.2. The first-order chi connectivity index (χ1) is 20.1. The molecule has 0 saturated carbocycles. The predicted molar refractivity (Wildman–Crippen MR) is 173 cm³/mol. The van der Waals surface area contributed by atoms with E-state index in [0.717, 1.165) is 91.9 Å². The van der Waals surface area contributed by atoms with Gasteiger partial charge in [0.15, 0.2) is 0 Å². The molecule has 6 nitrogen and oxygen atoms in total. The summed E-state index contributed by atoms with van der Waals surface area (Å²) < 4.78 is 0. The van der Waals surface area contributed by atoms with Crippen LogP contribution in [0.5, 0.6) is 0 Å². The maximum absolute atomic E-state index is 12.0. The highest BCUT2D eigenvalue weighted by Gasteiger charge is 2.41. The molecule has 6 heteroatoms. The fourth-order valence-corrected chi connectivity index (χ4v) is 6.74. The van der Waals surface area contributed by atoms with Crippen molar-refractivity contribution in [3.05, 3.63) is 104 Å². The van der Waals surface area contributed by atoms with E-state index >= 15 is 0 Å². The molecule has 0 amide bonds. The van der Waals surface area contributed by atoms with Crippen molar-refractivity contribution in [3.63, 3.8) is 0 Å². The fraction of sp³-hybridized carbons (Fsp3) is 0.389. The number of carbonyl (C=O) groups excluding carboxylic acids is 1. The first kappa shape index (κ1) is 29.4. The van der Waals surface area contributed by atoms with Gasteiger partial charge in [0, 0.05) is 52.8 Å². The molecule has 1 fully saturated rings. The van der Waals surface area contributed by atoms with Gasteiger partial charge in [-0.05, 0) is 81.1 Å². The molecule has 5 aliphatic heterocycles. The smallest absolute Gasteiger partial charge is 0.129 e. The zero-order chi connectivity index (χ0) is 30.5. The maximum atomic E-state index is 12.0. The SMILES string of the molecule is C=CC1=C(C)C2=NC1=CC1=NC(=CC3=C(C)C4=C(O)CC(=C5NC(=C2)C(C)C5CCC(C)=O)C4=N3)C(CC)=C1C.CC. The topological polar surface area (TPSA) is 86.4 Å². The minimum Gasteiger partial charge on any atom is -0.511 e. The Balaban J connectivity index is 0.00000173. The number of nitrogens with zero attached hydrogens (tertiary/aromatic N) is 3. The molecule has 1 saturated heterocycles. The molecule has 0 aromatic heterocycles. The maximum Gasteiger partial charge on any atom is 0.129 e. The molecule has 2 N–H and O–H groups in total. The van der Waals surface area contributed by atoms with E-state index in [1.165, 1.54) is 5.57 Å². The summed E-state index contributed by atoms with van der Waals surface area (Å²) in [6.07, 6.45) is 10.7. The highest BCUT2D eigenvalue weighted by atomic mass is 16.3. The van der Waals surface area contributed by atoms with E-state index in [-0.39, 0.29) is 17.6 Å². The molecule has 1 aliphatic carbocycles. The Labute approximate surface area is 249 Å². The van der Waals surface area contributed by atoms with Crippen molar-refractivity contribution in [2.75, 3.05) is 0 Å². The average Bonchev–Trinajstić information content (AvgIpc) is 3.71. The fourth-order valence-electron chi connectivity index (χ4n) is 6.74. The zero-order valence-electron chi connectivity index (χ0n) is 26.2. The van der Waals surface area contributed by atoms with Gasteiger partial charge in [0.05, 0.1) is 34.2 Å². The molecule has 0 aromatic carbocycles. The summed E-state index contributed by atoms with van der Waals surface area (Å²) in [6.45, 7) is 20.3. The van der Waals surface area contributed by atoms with Crippen LogP contribution in [-0.4, -0.2) is 28.0 Å². The molecule has 6 aliphatic rings. The van der Waals surface area contributed by atoms with Crippen LogP contribution in [0.25, 0.3) is 0 Å². The van der Waals surface area contributed by atoms with Crippen molar-refractivity contribution in [2.45, 2.75) is 81.1 Å². The minimum atomic E-state index is 0.109. The number of allylic oxidation sites excluding steroid dienone is 12. The molecule has 5 heterocycles. The van der Waals surface area contributed by atoms with Crippen LogP contribution in [-0.2, 0) is 4.79 Å². The molecule has 0 aromatic rings. The van der Waals surface area contributed by atoms with Gasteiger partial charge < -0.3 is 15.2 Å². The number of aliphatic hydroxyl groups is 1. The number of ketones is 1. The Kier molecular flexibility index (Phi) is 7.93. The predicted octanol–water partition coefficient (Wildman–Crippen LogP) is 8.24. The Hall–Kier alpha value is -4.06. The number of carbonyl (C=O) groups is 1. The molecule has 0 radical (unpaired) electrons. The summed E-state index contributed by atoms with van der Waals surface area (Å²) in [4.78, 5) is 27.2. The van der Waals surface area contributed by atoms with Gasteiger partial charge in [-0.2, -0.15) is 0 Å². The number of aliphatic imine (C=N–C) groups is 3. The van der Waals surface area contributed by atoms with Gasteiger partial charge in [0.1, 0.15) is 11.5 Å². The van der Waals surface area contributed by atoms with E-state index in [1.54, 1.807) is 6.92 Å². The molecule has 42 heavy (non-hydrogen) atoms. The van der Waals surface area contributed by atoms with Crippen molar-refractivity contribution >= 4 is 22.9 Å². The third-order valence-corrected chi connectivity index (χ3v) is 9.11. The van der Waals surface area contributed by atoms with E-state index in [4.69, 9.17) is 15.0 Å². The van der Waals surface area contributed by atoms with Gasteiger partial charge in [0.25, 0.3) is 0 Å². The summed E-state index contributed by atoms with van der Waals surface area (Å²) in [6, 6.07) is 0. The van der Waals surface area contributed by atoms with Gasteiger partial charge in [-0.1, -0.05) is 40.3 Å². The largest absolute Gasteiger partial charge is 0.511 e.